The highest BCUT2D eigenvalue weighted by molar-refractivity contribution is 8.18. The van der Waals surface area contributed by atoms with Gasteiger partial charge in [0.05, 0.1) is 21.3 Å². The summed E-state index contributed by atoms with van der Waals surface area (Å²) >= 11 is 2.05. The van der Waals surface area contributed by atoms with E-state index in [1.54, 1.807) is 12.1 Å². The number of hydrogen-bond donors (Lipinski definition) is 0. The normalized spacial score (nSPS) is 14.8. The quantitative estimate of drug-likeness (QED) is 0.230. The van der Waals surface area contributed by atoms with Crippen LogP contribution >= 0.6 is 23.5 Å². The average molecular weight is 481 g/mol. The Hall–Kier alpha value is -3.43. The molecule has 1 aliphatic heterocycles. The van der Waals surface area contributed by atoms with Crippen molar-refractivity contribution in [2.45, 2.75) is 23.3 Å². The molecule has 2 amide bonds. The number of nitro benzene ring substituents is 1. The third-order valence-electron chi connectivity index (χ3n) is 4.85. The van der Waals surface area contributed by atoms with Crippen molar-refractivity contribution in [1.82, 2.24) is 4.90 Å². The largest absolute Gasteiger partial charge is 0.293 e. The van der Waals surface area contributed by atoms with Gasteiger partial charge in [0.15, 0.2) is 0 Å². The number of rotatable bonds is 6. The lowest BCUT2D eigenvalue weighted by Crippen LogP contribution is -2.27. The number of carbonyl (C=O) groups is 2. The van der Waals surface area contributed by atoms with Gasteiger partial charge in [-0.15, -0.1) is 0 Å². The van der Waals surface area contributed by atoms with Gasteiger partial charge in [0.1, 0.15) is 5.82 Å². The summed E-state index contributed by atoms with van der Waals surface area (Å²) in [6, 6.07) is 17.9. The number of imide groups is 1. The molecule has 0 saturated carbocycles. The molecule has 0 unspecified atom stereocenters. The Bertz CT molecular complexity index is 1270. The zero-order valence-electron chi connectivity index (χ0n) is 17.4. The van der Waals surface area contributed by atoms with Gasteiger partial charge >= 0.3 is 0 Å². The molecule has 0 aromatic heterocycles. The molecule has 0 radical (unpaired) electrons. The fourth-order valence-electron chi connectivity index (χ4n) is 3.15. The summed E-state index contributed by atoms with van der Waals surface area (Å²) in [5.41, 5.74) is 2.08. The number of aryl methyl sites for hydroxylation is 1. The number of amides is 2. The summed E-state index contributed by atoms with van der Waals surface area (Å²) in [4.78, 5) is 38.9. The van der Waals surface area contributed by atoms with Crippen LogP contribution in [0, 0.1) is 22.9 Å². The molecule has 1 heterocycles. The number of carbonyl (C=O) groups excluding carboxylic acids is 2. The van der Waals surface area contributed by atoms with Crippen LogP contribution in [-0.2, 0) is 11.3 Å². The molecule has 9 heteroatoms. The van der Waals surface area contributed by atoms with E-state index in [1.807, 2.05) is 31.2 Å². The number of nitro groups is 1. The van der Waals surface area contributed by atoms with Crippen LogP contribution in [0.15, 0.2) is 81.4 Å². The summed E-state index contributed by atoms with van der Waals surface area (Å²) in [5, 5.41) is 11.2. The maximum absolute atomic E-state index is 13.1. The smallest absolute Gasteiger partial charge is 0.268 e. The van der Waals surface area contributed by atoms with Gasteiger partial charge in [-0.25, -0.2) is 4.39 Å². The summed E-state index contributed by atoms with van der Waals surface area (Å²) in [6.45, 7) is 1.99. The van der Waals surface area contributed by atoms with Crippen LogP contribution in [0.25, 0.3) is 6.08 Å². The van der Waals surface area contributed by atoms with E-state index < -0.39 is 21.9 Å². The second-order valence-corrected chi connectivity index (χ2v) is 9.40. The topological polar surface area (TPSA) is 80.5 Å². The van der Waals surface area contributed by atoms with Crippen molar-refractivity contribution in [3.63, 3.8) is 0 Å². The molecule has 0 N–H and O–H groups in total. The Labute approximate surface area is 197 Å². The first-order valence-corrected chi connectivity index (χ1v) is 11.5. The first-order chi connectivity index (χ1) is 15.8. The Morgan fingerprint density at radius 1 is 1.06 bits per heavy atom. The Morgan fingerprint density at radius 3 is 2.42 bits per heavy atom. The Morgan fingerprint density at radius 2 is 1.76 bits per heavy atom. The lowest BCUT2D eigenvalue weighted by molar-refractivity contribution is -0.387. The first kappa shape index (κ1) is 22.8. The minimum atomic E-state index is -0.491. The van der Waals surface area contributed by atoms with Crippen LogP contribution in [0.1, 0.15) is 16.7 Å². The Kier molecular flexibility index (Phi) is 6.62. The van der Waals surface area contributed by atoms with Crippen molar-refractivity contribution in [3.05, 3.63) is 104 Å². The van der Waals surface area contributed by atoms with Gasteiger partial charge in [0.2, 0.25) is 0 Å². The minimum absolute atomic E-state index is 0.0224. The van der Waals surface area contributed by atoms with Crippen molar-refractivity contribution in [2.24, 2.45) is 0 Å². The minimum Gasteiger partial charge on any atom is -0.268 e. The highest BCUT2D eigenvalue weighted by atomic mass is 32.2. The van der Waals surface area contributed by atoms with Gasteiger partial charge in [-0.1, -0.05) is 47.7 Å². The second-order valence-electron chi connectivity index (χ2n) is 7.29. The van der Waals surface area contributed by atoms with Gasteiger partial charge in [0, 0.05) is 11.0 Å². The molecule has 3 aromatic carbocycles. The van der Waals surface area contributed by atoms with E-state index in [0.717, 1.165) is 27.1 Å². The van der Waals surface area contributed by atoms with Gasteiger partial charge in [-0.2, -0.15) is 0 Å². The molecule has 0 bridgehead atoms. The average Bonchev–Trinajstić information content (AvgIpc) is 3.05. The van der Waals surface area contributed by atoms with E-state index in [0.29, 0.717) is 16.0 Å². The zero-order valence-corrected chi connectivity index (χ0v) is 19.0. The van der Waals surface area contributed by atoms with Crippen molar-refractivity contribution in [2.75, 3.05) is 0 Å². The van der Waals surface area contributed by atoms with Crippen LogP contribution in [0.2, 0.25) is 0 Å². The molecule has 1 fully saturated rings. The molecule has 6 nitrogen and oxygen atoms in total. The van der Waals surface area contributed by atoms with Crippen molar-refractivity contribution < 1.29 is 18.9 Å². The Balaban J connectivity index is 1.56. The van der Waals surface area contributed by atoms with Crippen molar-refractivity contribution in [1.29, 1.82) is 0 Å². The molecular weight excluding hydrogens is 463 g/mol. The molecule has 3 aromatic rings. The van der Waals surface area contributed by atoms with Crippen molar-refractivity contribution >= 4 is 46.4 Å². The summed E-state index contributed by atoms with van der Waals surface area (Å²) in [6.07, 6.45) is 1.48. The monoisotopic (exact) mass is 480 g/mol. The second kappa shape index (κ2) is 9.60. The molecule has 0 aliphatic carbocycles. The van der Waals surface area contributed by atoms with E-state index in [9.17, 15) is 24.1 Å². The molecule has 1 aliphatic rings. The van der Waals surface area contributed by atoms with E-state index >= 15 is 0 Å². The molecule has 166 valence electrons. The third kappa shape index (κ3) is 5.32. The molecule has 33 heavy (non-hydrogen) atoms. The zero-order chi connectivity index (χ0) is 23.5. The van der Waals surface area contributed by atoms with E-state index in [2.05, 4.69) is 0 Å². The van der Waals surface area contributed by atoms with Crippen LogP contribution in [0.5, 0.6) is 0 Å². The number of hydrogen-bond acceptors (Lipinski definition) is 6. The van der Waals surface area contributed by atoms with Crippen molar-refractivity contribution in [3.8, 4) is 0 Å². The summed E-state index contributed by atoms with van der Waals surface area (Å²) in [5.74, 6) is -0.895. The number of nitrogens with zero attached hydrogens (tertiary/aromatic N) is 2. The molecule has 4 rings (SSSR count). The molecule has 0 spiro atoms. The van der Waals surface area contributed by atoms with Crippen LogP contribution in [0.4, 0.5) is 14.9 Å². The SMILES string of the molecule is Cc1ccc(Sc2ccc(/C=C3\SC(=O)N(Cc4ccc(F)cc4)C3=O)cc2[N+](=O)[O-])cc1. The summed E-state index contributed by atoms with van der Waals surface area (Å²) < 4.78 is 13.1. The first-order valence-electron chi connectivity index (χ1n) is 9.83. The number of halogens is 1. The standard InChI is InChI=1S/C24H17FN2O4S2/c1-15-2-9-19(10-3-15)32-21-11-6-17(12-20(21)27(30)31)13-22-23(28)26(24(29)33-22)14-16-4-7-18(25)8-5-16/h2-13H,14H2,1H3/b22-13-. The lowest BCUT2D eigenvalue weighted by atomic mass is 10.1. The lowest BCUT2D eigenvalue weighted by Gasteiger charge is -2.12. The predicted octanol–water partition coefficient (Wildman–Crippen LogP) is 6.43. The van der Waals surface area contributed by atoms with E-state index in [-0.39, 0.29) is 17.1 Å². The van der Waals surface area contributed by atoms with E-state index in [4.69, 9.17) is 0 Å². The predicted molar refractivity (Wildman–Crippen MR) is 126 cm³/mol. The fraction of sp³-hybridized carbons (Fsp3) is 0.0833. The van der Waals surface area contributed by atoms with E-state index in [1.165, 1.54) is 48.2 Å². The van der Waals surface area contributed by atoms with Gasteiger partial charge in [-0.3, -0.25) is 24.6 Å². The van der Waals surface area contributed by atoms with Gasteiger partial charge in [0.25, 0.3) is 16.8 Å². The molecule has 0 atom stereocenters. The van der Waals surface area contributed by atoms with Crippen LogP contribution in [0.3, 0.4) is 0 Å². The fourth-order valence-corrected chi connectivity index (χ4v) is 4.89. The molecule has 1 saturated heterocycles. The van der Waals surface area contributed by atoms with Gasteiger partial charge < -0.3 is 0 Å². The third-order valence-corrected chi connectivity index (χ3v) is 6.83. The molecular formula is C24H17FN2O4S2. The van der Waals surface area contributed by atoms with Crippen LogP contribution in [-0.4, -0.2) is 21.0 Å². The maximum Gasteiger partial charge on any atom is 0.293 e. The number of thioether (sulfide) groups is 1. The van der Waals surface area contributed by atoms with Crippen LogP contribution < -0.4 is 0 Å². The summed E-state index contributed by atoms with van der Waals surface area (Å²) in [7, 11) is 0. The maximum atomic E-state index is 13.1. The number of benzene rings is 3. The highest BCUT2D eigenvalue weighted by Gasteiger charge is 2.35. The van der Waals surface area contributed by atoms with Gasteiger partial charge in [-0.05, 0) is 66.2 Å². The highest BCUT2D eigenvalue weighted by Crippen LogP contribution is 2.37.